The molecule has 0 unspecified atom stereocenters. The number of ether oxygens (including phenoxy) is 1. The van der Waals surface area contributed by atoms with Gasteiger partial charge in [0.25, 0.3) is 5.91 Å². The van der Waals surface area contributed by atoms with E-state index in [0.29, 0.717) is 12.1 Å². The van der Waals surface area contributed by atoms with Gasteiger partial charge in [0.05, 0.1) is 19.1 Å². The normalized spacial score (nSPS) is 10.2. The Kier molecular flexibility index (Phi) is 6.29. The van der Waals surface area contributed by atoms with E-state index in [-0.39, 0.29) is 24.8 Å². The van der Waals surface area contributed by atoms with E-state index in [1.54, 1.807) is 23.4 Å². The summed E-state index contributed by atoms with van der Waals surface area (Å²) in [4.78, 5) is 29.8. The average Bonchev–Trinajstić information content (AvgIpc) is 2.59. The first-order valence-electron chi connectivity index (χ1n) is 7.11. The second-order valence-corrected chi connectivity index (χ2v) is 5.74. The fourth-order valence-corrected chi connectivity index (χ4v) is 2.55. The topological polar surface area (TPSA) is 59.5 Å². The maximum absolute atomic E-state index is 12.8. The largest absolute Gasteiger partial charge is 0.469 e. The summed E-state index contributed by atoms with van der Waals surface area (Å²) >= 11 is 3.40. The Bertz CT molecular complexity index is 677. The molecule has 1 aromatic carbocycles. The number of hydrogen-bond donors (Lipinski definition) is 0. The molecule has 0 aliphatic carbocycles. The number of carbonyl (C=O) groups excluding carboxylic acids is 2. The molecular formula is C17H17BrN2O3. The molecule has 2 aromatic rings. The molecule has 0 fully saturated rings. The predicted octanol–water partition coefficient (Wildman–Crippen LogP) is 3.05. The summed E-state index contributed by atoms with van der Waals surface area (Å²) in [7, 11) is 1.34. The zero-order chi connectivity index (χ0) is 16.7. The number of hydrogen-bond acceptors (Lipinski definition) is 4. The SMILES string of the molecule is COC(=O)CCN(Cc1ccncc1)C(=O)c1ccccc1Br. The minimum Gasteiger partial charge on any atom is -0.469 e. The van der Waals surface area contributed by atoms with Crippen LogP contribution in [0.25, 0.3) is 0 Å². The molecule has 6 heteroatoms. The standard InChI is InChI=1S/C17H17BrN2O3/c1-23-16(21)8-11-20(12-13-6-9-19-10-7-13)17(22)14-4-2-3-5-15(14)18/h2-7,9-10H,8,11-12H2,1H3. The molecule has 0 aliphatic rings. The lowest BCUT2D eigenvalue weighted by molar-refractivity contribution is -0.140. The van der Waals surface area contributed by atoms with Crippen molar-refractivity contribution in [2.75, 3.05) is 13.7 Å². The number of esters is 1. The first kappa shape index (κ1) is 17.1. The second kappa shape index (κ2) is 8.43. The van der Waals surface area contributed by atoms with Crippen molar-refractivity contribution >= 4 is 27.8 Å². The van der Waals surface area contributed by atoms with Gasteiger partial charge in [-0.1, -0.05) is 12.1 Å². The van der Waals surface area contributed by atoms with Crippen LogP contribution < -0.4 is 0 Å². The van der Waals surface area contributed by atoms with Crippen molar-refractivity contribution in [3.8, 4) is 0 Å². The quantitative estimate of drug-likeness (QED) is 0.726. The lowest BCUT2D eigenvalue weighted by Gasteiger charge is -2.23. The fraction of sp³-hybridized carbons (Fsp3) is 0.235. The molecule has 0 radical (unpaired) electrons. The molecule has 0 saturated carbocycles. The molecule has 0 spiro atoms. The van der Waals surface area contributed by atoms with Crippen molar-refractivity contribution in [1.29, 1.82) is 0 Å². The molecule has 23 heavy (non-hydrogen) atoms. The van der Waals surface area contributed by atoms with Gasteiger partial charge in [-0.2, -0.15) is 0 Å². The van der Waals surface area contributed by atoms with Crippen LogP contribution in [0.5, 0.6) is 0 Å². The maximum atomic E-state index is 12.8. The van der Waals surface area contributed by atoms with Crippen LogP contribution in [0.2, 0.25) is 0 Å². The van der Waals surface area contributed by atoms with E-state index in [2.05, 4.69) is 25.7 Å². The minimum absolute atomic E-state index is 0.141. The molecule has 120 valence electrons. The van der Waals surface area contributed by atoms with E-state index in [9.17, 15) is 9.59 Å². The Hall–Kier alpha value is -2.21. The number of halogens is 1. The third-order valence-corrected chi connectivity index (χ3v) is 4.02. The summed E-state index contributed by atoms with van der Waals surface area (Å²) in [6, 6.07) is 10.9. The van der Waals surface area contributed by atoms with Crippen molar-refractivity contribution in [2.45, 2.75) is 13.0 Å². The van der Waals surface area contributed by atoms with Crippen LogP contribution in [0.4, 0.5) is 0 Å². The van der Waals surface area contributed by atoms with Gasteiger partial charge in [-0.15, -0.1) is 0 Å². The van der Waals surface area contributed by atoms with Gasteiger partial charge in [0, 0.05) is 30.0 Å². The van der Waals surface area contributed by atoms with Crippen LogP contribution in [0, 0.1) is 0 Å². The first-order valence-corrected chi connectivity index (χ1v) is 7.90. The third kappa shape index (κ3) is 4.89. The van der Waals surface area contributed by atoms with E-state index in [0.717, 1.165) is 10.0 Å². The number of benzene rings is 1. The van der Waals surface area contributed by atoms with Crippen molar-refractivity contribution < 1.29 is 14.3 Å². The molecule has 0 atom stereocenters. The molecule has 1 amide bonds. The monoisotopic (exact) mass is 376 g/mol. The van der Waals surface area contributed by atoms with Gasteiger partial charge in [-0.05, 0) is 45.8 Å². The summed E-state index contributed by atoms with van der Waals surface area (Å²) in [6.45, 7) is 0.689. The molecule has 0 saturated heterocycles. The van der Waals surface area contributed by atoms with Gasteiger partial charge in [0.1, 0.15) is 0 Å². The Morgan fingerprint density at radius 1 is 1.17 bits per heavy atom. The van der Waals surface area contributed by atoms with Crippen LogP contribution in [-0.4, -0.2) is 35.4 Å². The highest BCUT2D eigenvalue weighted by Crippen LogP contribution is 2.19. The highest BCUT2D eigenvalue weighted by Gasteiger charge is 2.19. The first-order chi connectivity index (χ1) is 11.1. The number of methoxy groups -OCH3 is 1. The number of nitrogens with zero attached hydrogens (tertiary/aromatic N) is 2. The zero-order valence-corrected chi connectivity index (χ0v) is 14.3. The fourth-order valence-electron chi connectivity index (χ4n) is 2.09. The summed E-state index contributed by atoms with van der Waals surface area (Å²) in [5.74, 6) is -0.483. The number of pyridine rings is 1. The molecule has 1 aromatic heterocycles. The van der Waals surface area contributed by atoms with Gasteiger partial charge in [0.15, 0.2) is 0 Å². The van der Waals surface area contributed by atoms with Gasteiger partial charge >= 0.3 is 5.97 Å². The van der Waals surface area contributed by atoms with Crippen molar-refractivity contribution in [1.82, 2.24) is 9.88 Å². The van der Waals surface area contributed by atoms with Crippen LogP contribution in [0.1, 0.15) is 22.3 Å². The molecule has 1 heterocycles. The molecule has 2 rings (SSSR count). The molecule has 0 bridgehead atoms. The molecular weight excluding hydrogens is 360 g/mol. The summed E-state index contributed by atoms with van der Waals surface area (Å²) in [5, 5.41) is 0. The third-order valence-electron chi connectivity index (χ3n) is 3.33. The van der Waals surface area contributed by atoms with Gasteiger partial charge < -0.3 is 9.64 Å². The van der Waals surface area contributed by atoms with E-state index in [4.69, 9.17) is 0 Å². The Labute approximate surface area is 143 Å². The smallest absolute Gasteiger partial charge is 0.307 e. The molecule has 0 N–H and O–H groups in total. The van der Waals surface area contributed by atoms with Crippen LogP contribution in [-0.2, 0) is 16.1 Å². The van der Waals surface area contributed by atoms with E-state index >= 15 is 0 Å². The van der Waals surface area contributed by atoms with E-state index in [1.807, 2.05) is 30.3 Å². The van der Waals surface area contributed by atoms with Gasteiger partial charge in [-0.3, -0.25) is 14.6 Å². The van der Waals surface area contributed by atoms with Crippen molar-refractivity contribution in [3.05, 3.63) is 64.4 Å². The average molecular weight is 377 g/mol. The summed E-state index contributed by atoms with van der Waals surface area (Å²) in [5.41, 5.74) is 1.51. The van der Waals surface area contributed by atoms with Crippen molar-refractivity contribution in [2.24, 2.45) is 0 Å². The predicted molar refractivity (Wildman–Crippen MR) is 89.8 cm³/mol. The summed E-state index contributed by atoms with van der Waals surface area (Å²) in [6.07, 6.45) is 3.51. The molecule has 0 aliphatic heterocycles. The lowest BCUT2D eigenvalue weighted by Crippen LogP contribution is -2.33. The number of aromatic nitrogens is 1. The van der Waals surface area contributed by atoms with Crippen LogP contribution >= 0.6 is 15.9 Å². The summed E-state index contributed by atoms with van der Waals surface area (Å²) < 4.78 is 5.39. The Balaban J connectivity index is 2.20. The Morgan fingerprint density at radius 2 is 1.87 bits per heavy atom. The molecule has 5 nitrogen and oxygen atoms in total. The number of rotatable bonds is 6. The minimum atomic E-state index is -0.343. The zero-order valence-electron chi connectivity index (χ0n) is 12.7. The second-order valence-electron chi connectivity index (χ2n) is 4.89. The van der Waals surface area contributed by atoms with Crippen molar-refractivity contribution in [3.63, 3.8) is 0 Å². The Morgan fingerprint density at radius 3 is 2.52 bits per heavy atom. The number of carbonyl (C=O) groups is 2. The van der Waals surface area contributed by atoms with Crippen LogP contribution in [0.3, 0.4) is 0 Å². The van der Waals surface area contributed by atoms with Gasteiger partial charge in [0.2, 0.25) is 0 Å². The highest BCUT2D eigenvalue weighted by atomic mass is 79.9. The van der Waals surface area contributed by atoms with Gasteiger partial charge in [-0.25, -0.2) is 0 Å². The number of amides is 1. The lowest BCUT2D eigenvalue weighted by atomic mass is 10.1. The van der Waals surface area contributed by atoms with E-state index < -0.39 is 0 Å². The highest BCUT2D eigenvalue weighted by molar-refractivity contribution is 9.10. The van der Waals surface area contributed by atoms with E-state index in [1.165, 1.54) is 7.11 Å². The maximum Gasteiger partial charge on any atom is 0.307 e. The van der Waals surface area contributed by atoms with Crippen LogP contribution in [0.15, 0.2) is 53.3 Å².